The fraction of sp³-hybridized carbons (Fsp3) is 0.0833. The molecule has 1 heterocycles. The van der Waals surface area contributed by atoms with Gasteiger partial charge < -0.3 is 5.32 Å². The predicted molar refractivity (Wildman–Crippen MR) is 84.1 cm³/mol. The number of nitrogens with one attached hydrogen (secondary N) is 1. The van der Waals surface area contributed by atoms with Gasteiger partial charge in [0.15, 0.2) is 0 Å². The Morgan fingerprint density at radius 2 is 1.90 bits per heavy atom. The minimum Gasteiger partial charge on any atom is -0.321 e. The van der Waals surface area contributed by atoms with Crippen molar-refractivity contribution < 1.29 is 18.0 Å². The van der Waals surface area contributed by atoms with Crippen LogP contribution in [0.5, 0.6) is 0 Å². The van der Waals surface area contributed by atoms with Gasteiger partial charge in [-0.15, -0.1) is 11.3 Å². The van der Waals surface area contributed by atoms with Crippen LogP contribution in [0.25, 0.3) is 0 Å². The number of thiophene rings is 1. The van der Waals surface area contributed by atoms with E-state index in [0.29, 0.717) is 9.35 Å². The van der Waals surface area contributed by atoms with E-state index in [2.05, 4.69) is 37.2 Å². The molecule has 1 aromatic heterocycles. The van der Waals surface area contributed by atoms with E-state index in [1.54, 1.807) is 6.07 Å². The number of halogens is 6. The lowest BCUT2D eigenvalue weighted by Gasteiger charge is -2.11. The summed E-state index contributed by atoms with van der Waals surface area (Å²) in [6.45, 7) is 0. The van der Waals surface area contributed by atoms with E-state index >= 15 is 0 Å². The topological polar surface area (TPSA) is 29.1 Å². The molecule has 0 spiro atoms. The average Bonchev–Trinajstić information content (AvgIpc) is 2.71. The number of rotatable bonds is 2. The van der Waals surface area contributed by atoms with E-state index in [1.165, 1.54) is 6.07 Å². The van der Waals surface area contributed by atoms with E-state index in [0.717, 1.165) is 27.3 Å². The van der Waals surface area contributed by atoms with E-state index in [1.807, 2.05) is 0 Å². The first-order valence-electron chi connectivity index (χ1n) is 5.31. The van der Waals surface area contributed by atoms with E-state index in [9.17, 15) is 18.0 Å². The molecule has 0 fully saturated rings. The SMILES string of the molecule is O=C(Nc1ccc(Cl)c(C(F)(F)F)c1)c1cc(Br)c(Br)s1. The Morgan fingerprint density at radius 1 is 1.24 bits per heavy atom. The fourth-order valence-electron chi connectivity index (χ4n) is 1.47. The van der Waals surface area contributed by atoms with Crippen molar-refractivity contribution in [2.45, 2.75) is 6.18 Å². The van der Waals surface area contributed by atoms with Gasteiger partial charge in [-0.1, -0.05) is 11.6 Å². The Hall–Kier alpha value is -0.570. The highest BCUT2D eigenvalue weighted by atomic mass is 79.9. The molecular formula is C12H5Br2ClF3NOS. The molecule has 1 aromatic carbocycles. The Labute approximate surface area is 143 Å². The van der Waals surface area contributed by atoms with Crippen LogP contribution in [-0.2, 0) is 6.18 Å². The van der Waals surface area contributed by atoms with E-state index in [-0.39, 0.29) is 5.69 Å². The van der Waals surface area contributed by atoms with Crippen LogP contribution in [-0.4, -0.2) is 5.91 Å². The van der Waals surface area contributed by atoms with Crippen LogP contribution in [0.1, 0.15) is 15.2 Å². The van der Waals surface area contributed by atoms with Gasteiger partial charge in [0.05, 0.1) is 19.2 Å². The minimum absolute atomic E-state index is 0.0253. The van der Waals surface area contributed by atoms with Crippen LogP contribution < -0.4 is 5.32 Å². The van der Waals surface area contributed by atoms with Crippen LogP contribution in [0, 0.1) is 0 Å². The Balaban J connectivity index is 2.26. The molecule has 0 saturated carbocycles. The second-order valence-corrected chi connectivity index (χ2v) is 7.51. The first-order chi connectivity index (χ1) is 9.68. The summed E-state index contributed by atoms with van der Waals surface area (Å²) in [6.07, 6.45) is -4.58. The molecule has 2 rings (SSSR count). The van der Waals surface area contributed by atoms with Crippen molar-refractivity contribution in [2.75, 3.05) is 5.32 Å². The lowest BCUT2D eigenvalue weighted by molar-refractivity contribution is -0.137. The number of hydrogen-bond donors (Lipinski definition) is 1. The van der Waals surface area contributed by atoms with Crippen molar-refractivity contribution in [1.82, 2.24) is 0 Å². The molecule has 2 nitrogen and oxygen atoms in total. The third kappa shape index (κ3) is 4.00. The predicted octanol–water partition coefficient (Wildman–Crippen LogP) is 6.20. The maximum absolute atomic E-state index is 12.7. The highest BCUT2D eigenvalue weighted by Gasteiger charge is 2.33. The van der Waals surface area contributed by atoms with Crippen molar-refractivity contribution in [3.8, 4) is 0 Å². The molecule has 0 bridgehead atoms. The largest absolute Gasteiger partial charge is 0.417 e. The summed E-state index contributed by atoms with van der Waals surface area (Å²) in [4.78, 5) is 12.3. The lowest BCUT2D eigenvalue weighted by atomic mass is 10.2. The fourth-order valence-corrected chi connectivity index (χ4v) is 3.63. The normalized spacial score (nSPS) is 11.5. The molecule has 112 valence electrons. The average molecular weight is 464 g/mol. The number of anilines is 1. The summed E-state index contributed by atoms with van der Waals surface area (Å²) >= 11 is 13.2. The van der Waals surface area contributed by atoms with Crippen LogP contribution in [0.2, 0.25) is 5.02 Å². The molecule has 0 aliphatic carbocycles. The van der Waals surface area contributed by atoms with Gasteiger partial charge in [0.1, 0.15) is 0 Å². The van der Waals surface area contributed by atoms with E-state index in [4.69, 9.17) is 11.6 Å². The Bertz CT molecular complexity index is 683. The number of benzene rings is 1. The molecule has 0 radical (unpaired) electrons. The van der Waals surface area contributed by atoms with Crippen molar-refractivity contribution >= 4 is 66.4 Å². The molecule has 9 heteroatoms. The summed E-state index contributed by atoms with van der Waals surface area (Å²) in [5, 5.41) is 1.99. The van der Waals surface area contributed by atoms with Crippen LogP contribution in [0.3, 0.4) is 0 Å². The summed E-state index contributed by atoms with van der Waals surface area (Å²) < 4.78 is 39.6. The van der Waals surface area contributed by atoms with Crippen molar-refractivity contribution in [1.29, 1.82) is 0 Å². The first kappa shape index (κ1) is 16.8. The molecule has 0 aliphatic heterocycles. The standard InChI is InChI=1S/C12H5Br2ClF3NOS/c13-7-4-9(21-10(7)14)11(20)19-5-1-2-8(15)6(3-5)12(16,17)18/h1-4H,(H,19,20). The number of carbonyl (C=O) groups is 1. The zero-order valence-electron chi connectivity index (χ0n) is 9.89. The molecular weight excluding hydrogens is 458 g/mol. The van der Waals surface area contributed by atoms with Gasteiger partial charge in [0.25, 0.3) is 5.91 Å². The molecule has 1 N–H and O–H groups in total. The van der Waals surface area contributed by atoms with Crippen molar-refractivity contribution in [2.24, 2.45) is 0 Å². The lowest BCUT2D eigenvalue weighted by Crippen LogP contribution is -2.12. The second kappa shape index (κ2) is 6.28. The van der Waals surface area contributed by atoms with Crippen LogP contribution >= 0.6 is 54.8 Å². The zero-order chi connectivity index (χ0) is 15.8. The molecule has 1 amide bonds. The Morgan fingerprint density at radius 3 is 2.43 bits per heavy atom. The first-order valence-corrected chi connectivity index (χ1v) is 8.09. The zero-order valence-corrected chi connectivity index (χ0v) is 14.6. The van der Waals surface area contributed by atoms with Crippen LogP contribution in [0.4, 0.5) is 18.9 Å². The monoisotopic (exact) mass is 461 g/mol. The molecule has 0 aliphatic rings. The van der Waals surface area contributed by atoms with Gasteiger partial charge in [0.2, 0.25) is 0 Å². The summed E-state index contributed by atoms with van der Waals surface area (Å²) in [6, 6.07) is 4.79. The Kier molecular flexibility index (Phi) is 5.02. The van der Waals surface area contributed by atoms with Gasteiger partial charge in [-0.25, -0.2) is 0 Å². The maximum Gasteiger partial charge on any atom is 0.417 e. The van der Waals surface area contributed by atoms with Gasteiger partial charge in [0, 0.05) is 10.2 Å². The number of carbonyl (C=O) groups excluding carboxylic acids is 1. The second-order valence-electron chi connectivity index (χ2n) is 3.88. The van der Waals surface area contributed by atoms with Gasteiger partial charge in [-0.2, -0.15) is 13.2 Å². The minimum atomic E-state index is -4.58. The highest BCUT2D eigenvalue weighted by molar-refractivity contribution is 9.13. The van der Waals surface area contributed by atoms with Crippen molar-refractivity contribution in [3.05, 3.63) is 48.0 Å². The summed E-state index contributed by atoms with van der Waals surface area (Å²) in [5.41, 5.74) is -0.965. The third-order valence-electron chi connectivity index (χ3n) is 2.40. The molecule has 0 unspecified atom stereocenters. The maximum atomic E-state index is 12.7. The van der Waals surface area contributed by atoms with Crippen LogP contribution in [0.15, 0.2) is 32.5 Å². The number of hydrogen-bond acceptors (Lipinski definition) is 2. The summed E-state index contributed by atoms with van der Waals surface area (Å²) in [5.74, 6) is -0.498. The quantitative estimate of drug-likeness (QED) is 0.565. The van der Waals surface area contributed by atoms with Crippen molar-refractivity contribution in [3.63, 3.8) is 0 Å². The van der Waals surface area contributed by atoms with Gasteiger partial charge in [-0.05, 0) is 56.1 Å². The highest BCUT2D eigenvalue weighted by Crippen LogP contribution is 2.37. The number of amides is 1. The smallest absolute Gasteiger partial charge is 0.321 e. The van der Waals surface area contributed by atoms with Gasteiger partial charge in [-0.3, -0.25) is 4.79 Å². The van der Waals surface area contributed by atoms with Gasteiger partial charge >= 0.3 is 6.18 Å². The molecule has 2 aromatic rings. The molecule has 21 heavy (non-hydrogen) atoms. The third-order valence-corrected chi connectivity index (χ3v) is 5.98. The van der Waals surface area contributed by atoms with E-state index < -0.39 is 22.7 Å². The summed E-state index contributed by atoms with van der Waals surface area (Å²) in [7, 11) is 0. The number of alkyl halides is 3. The molecule has 0 saturated heterocycles. The molecule has 0 atom stereocenters.